The van der Waals surface area contributed by atoms with Crippen LogP contribution in [0.4, 0.5) is 0 Å². The summed E-state index contributed by atoms with van der Waals surface area (Å²) in [6, 6.07) is 10.2. The Labute approximate surface area is 112 Å². The molecule has 1 atom stereocenters. The maximum Gasteiger partial charge on any atom is 0.119 e. The molecule has 1 aromatic heterocycles. The molecule has 1 heterocycles. The van der Waals surface area contributed by atoms with Crippen LogP contribution in [0, 0.1) is 13.8 Å². The Bertz CT molecular complexity index is 516. The van der Waals surface area contributed by atoms with Crippen molar-refractivity contribution < 1.29 is 4.74 Å². The van der Waals surface area contributed by atoms with E-state index in [0.717, 1.165) is 11.3 Å². The molecule has 0 saturated carbocycles. The summed E-state index contributed by atoms with van der Waals surface area (Å²) in [6.07, 6.45) is 0. The summed E-state index contributed by atoms with van der Waals surface area (Å²) in [4.78, 5) is 2.61. The van der Waals surface area contributed by atoms with Gasteiger partial charge in [0.05, 0.1) is 12.6 Å². The first kappa shape index (κ1) is 13.1. The van der Waals surface area contributed by atoms with E-state index in [0.29, 0.717) is 6.61 Å². The Morgan fingerprint density at radius 1 is 1.22 bits per heavy atom. The number of ether oxygens (including phenoxy) is 1. The van der Waals surface area contributed by atoms with Crippen molar-refractivity contribution in [1.82, 2.24) is 0 Å². The highest BCUT2D eigenvalue weighted by atomic mass is 32.1. The molecule has 0 bridgehead atoms. The van der Waals surface area contributed by atoms with Crippen LogP contribution in [0.25, 0.3) is 0 Å². The van der Waals surface area contributed by atoms with Gasteiger partial charge in [0, 0.05) is 9.75 Å². The normalized spacial score (nSPS) is 12.4. The zero-order valence-corrected chi connectivity index (χ0v) is 11.9. The van der Waals surface area contributed by atoms with Crippen molar-refractivity contribution in [3.63, 3.8) is 0 Å². The molecule has 2 N–H and O–H groups in total. The molecule has 96 valence electrons. The molecular weight excluding hydrogens is 242 g/mol. The average Bonchev–Trinajstić information content (AvgIpc) is 2.69. The molecule has 1 aromatic carbocycles. The second-order valence-electron chi connectivity index (χ2n) is 4.35. The van der Waals surface area contributed by atoms with Crippen LogP contribution >= 0.6 is 11.3 Å². The van der Waals surface area contributed by atoms with Crippen LogP contribution in [-0.4, -0.2) is 6.61 Å². The smallest absolute Gasteiger partial charge is 0.119 e. The number of aryl methyl sites for hydroxylation is 2. The van der Waals surface area contributed by atoms with Crippen molar-refractivity contribution >= 4 is 11.3 Å². The number of nitrogens with two attached hydrogens (primary N) is 1. The Morgan fingerprint density at radius 3 is 2.39 bits per heavy atom. The lowest BCUT2D eigenvalue weighted by Gasteiger charge is -2.13. The third kappa shape index (κ3) is 2.74. The van der Waals surface area contributed by atoms with Crippen molar-refractivity contribution in [3.8, 4) is 5.75 Å². The molecule has 2 nitrogen and oxygen atoms in total. The van der Waals surface area contributed by atoms with Crippen molar-refractivity contribution in [2.75, 3.05) is 6.61 Å². The topological polar surface area (TPSA) is 35.2 Å². The van der Waals surface area contributed by atoms with E-state index in [4.69, 9.17) is 10.5 Å². The lowest BCUT2D eigenvalue weighted by atomic mass is 10.00. The van der Waals surface area contributed by atoms with Crippen molar-refractivity contribution in [3.05, 3.63) is 51.2 Å². The fourth-order valence-corrected chi connectivity index (χ4v) is 3.05. The third-order valence-electron chi connectivity index (χ3n) is 2.96. The predicted octanol–water partition coefficient (Wildman–Crippen LogP) is 3.81. The summed E-state index contributed by atoms with van der Waals surface area (Å²) in [5.74, 6) is 0.895. The summed E-state index contributed by atoms with van der Waals surface area (Å²) in [7, 11) is 0. The summed E-state index contributed by atoms with van der Waals surface area (Å²) < 4.78 is 5.44. The Kier molecular flexibility index (Phi) is 4.04. The van der Waals surface area contributed by atoms with E-state index in [1.165, 1.54) is 15.3 Å². The lowest BCUT2D eigenvalue weighted by molar-refractivity contribution is 0.340. The van der Waals surface area contributed by atoms with E-state index >= 15 is 0 Å². The van der Waals surface area contributed by atoms with Crippen LogP contribution in [0.15, 0.2) is 30.3 Å². The van der Waals surface area contributed by atoms with Gasteiger partial charge in [-0.05, 0) is 50.1 Å². The summed E-state index contributed by atoms with van der Waals surface area (Å²) >= 11 is 1.80. The van der Waals surface area contributed by atoms with Gasteiger partial charge in [0.1, 0.15) is 5.75 Å². The fraction of sp³-hybridized carbons (Fsp3) is 0.333. The number of hydrogen-bond donors (Lipinski definition) is 1. The van der Waals surface area contributed by atoms with Crippen LogP contribution in [0.1, 0.15) is 33.8 Å². The molecule has 0 radical (unpaired) electrons. The van der Waals surface area contributed by atoms with Crippen molar-refractivity contribution in [2.45, 2.75) is 26.8 Å². The predicted molar refractivity (Wildman–Crippen MR) is 77.4 cm³/mol. The molecule has 0 fully saturated rings. The van der Waals surface area contributed by atoms with Gasteiger partial charge in [-0.1, -0.05) is 12.1 Å². The standard InChI is InChI=1S/C15H19NOS/c1-4-17-13-7-5-12(6-8-13)15(16)14-9-10(2)18-11(14)3/h5-9,15H,4,16H2,1-3H3. The first-order valence-corrected chi connectivity index (χ1v) is 6.98. The van der Waals surface area contributed by atoms with Crippen LogP contribution in [0.3, 0.4) is 0 Å². The molecule has 0 saturated heterocycles. The monoisotopic (exact) mass is 261 g/mol. The van der Waals surface area contributed by atoms with Crippen LogP contribution in [-0.2, 0) is 0 Å². The minimum absolute atomic E-state index is 0.0503. The molecule has 3 heteroatoms. The molecule has 18 heavy (non-hydrogen) atoms. The molecule has 0 aliphatic heterocycles. The maximum absolute atomic E-state index is 6.32. The largest absolute Gasteiger partial charge is 0.494 e. The van der Waals surface area contributed by atoms with Crippen LogP contribution in [0.2, 0.25) is 0 Å². The van der Waals surface area contributed by atoms with Crippen LogP contribution < -0.4 is 10.5 Å². The highest BCUT2D eigenvalue weighted by molar-refractivity contribution is 7.12. The van der Waals surface area contributed by atoms with Gasteiger partial charge in [-0.15, -0.1) is 11.3 Å². The second-order valence-corrected chi connectivity index (χ2v) is 5.81. The molecule has 1 unspecified atom stereocenters. The van der Waals surface area contributed by atoms with E-state index in [2.05, 4.69) is 19.9 Å². The first-order valence-electron chi connectivity index (χ1n) is 6.17. The minimum atomic E-state index is -0.0503. The highest BCUT2D eigenvalue weighted by Gasteiger charge is 2.13. The first-order chi connectivity index (χ1) is 8.61. The number of benzene rings is 1. The van der Waals surface area contributed by atoms with Crippen molar-refractivity contribution in [2.24, 2.45) is 5.73 Å². The number of rotatable bonds is 4. The molecule has 0 spiro atoms. The lowest BCUT2D eigenvalue weighted by Crippen LogP contribution is -2.11. The summed E-state index contributed by atoms with van der Waals surface area (Å²) in [5.41, 5.74) is 8.67. The quantitative estimate of drug-likeness (QED) is 0.908. The van der Waals surface area contributed by atoms with E-state index in [-0.39, 0.29) is 6.04 Å². The molecule has 0 aliphatic rings. The summed E-state index contributed by atoms with van der Waals surface area (Å²) in [6.45, 7) is 6.92. The van der Waals surface area contributed by atoms with Gasteiger partial charge in [-0.2, -0.15) is 0 Å². The third-order valence-corrected chi connectivity index (χ3v) is 3.95. The Hall–Kier alpha value is -1.32. The SMILES string of the molecule is CCOc1ccc(C(N)c2cc(C)sc2C)cc1. The van der Waals surface area contributed by atoms with E-state index in [1.807, 2.05) is 31.2 Å². The van der Waals surface area contributed by atoms with E-state index in [9.17, 15) is 0 Å². The van der Waals surface area contributed by atoms with Gasteiger partial charge >= 0.3 is 0 Å². The molecule has 0 amide bonds. The highest BCUT2D eigenvalue weighted by Crippen LogP contribution is 2.29. The zero-order chi connectivity index (χ0) is 13.1. The maximum atomic E-state index is 6.32. The van der Waals surface area contributed by atoms with Gasteiger partial charge in [0.15, 0.2) is 0 Å². The Morgan fingerprint density at radius 2 is 1.89 bits per heavy atom. The Balaban J connectivity index is 2.23. The average molecular weight is 261 g/mol. The van der Waals surface area contributed by atoms with Crippen LogP contribution in [0.5, 0.6) is 5.75 Å². The number of hydrogen-bond acceptors (Lipinski definition) is 3. The number of thiophene rings is 1. The van der Waals surface area contributed by atoms with Gasteiger partial charge in [0.25, 0.3) is 0 Å². The second kappa shape index (κ2) is 5.55. The van der Waals surface area contributed by atoms with Crippen molar-refractivity contribution in [1.29, 1.82) is 0 Å². The van der Waals surface area contributed by atoms with E-state index in [1.54, 1.807) is 11.3 Å². The molecule has 0 aliphatic carbocycles. The van der Waals surface area contributed by atoms with Gasteiger partial charge in [-0.25, -0.2) is 0 Å². The molecular formula is C15H19NOS. The molecule has 2 aromatic rings. The van der Waals surface area contributed by atoms with Gasteiger partial charge in [-0.3, -0.25) is 0 Å². The molecule has 2 rings (SSSR count). The zero-order valence-electron chi connectivity index (χ0n) is 11.1. The van der Waals surface area contributed by atoms with Gasteiger partial charge < -0.3 is 10.5 Å². The summed E-state index contributed by atoms with van der Waals surface area (Å²) in [5, 5.41) is 0. The van der Waals surface area contributed by atoms with Gasteiger partial charge in [0.2, 0.25) is 0 Å². The minimum Gasteiger partial charge on any atom is -0.494 e. The fourth-order valence-electron chi connectivity index (χ4n) is 2.08. The van der Waals surface area contributed by atoms with E-state index < -0.39 is 0 Å².